The van der Waals surface area contributed by atoms with E-state index in [1.807, 2.05) is 24.3 Å². The van der Waals surface area contributed by atoms with Gasteiger partial charge in [0.25, 0.3) is 0 Å². The Morgan fingerprint density at radius 1 is 0.750 bits per heavy atom. The minimum Gasteiger partial charge on any atom is -0.508 e. The zero-order valence-electron chi connectivity index (χ0n) is 13.9. The molecule has 0 amide bonds. The molecule has 0 radical (unpaired) electrons. The van der Waals surface area contributed by atoms with Gasteiger partial charge in [0, 0.05) is 0 Å². The number of hydrogen-bond acceptors (Lipinski definition) is 2. The van der Waals surface area contributed by atoms with Crippen molar-refractivity contribution in [2.75, 3.05) is 0 Å². The van der Waals surface area contributed by atoms with E-state index in [2.05, 4.69) is 13.8 Å². The van der Waals surface area contributed by atoms with E-state index in [4.69, 9.17) is 23.2 Å². The fourth-order valence-corrected chi connectivity index (χ4v) is 5.63. The molecule has 2 nitrogen and oxygen atoms in total. The van der Waals surface area contributed by atoms with Crippen LogP contribution < -0.4 is 0 Å². The summed E-state index contributed by atoms with van der Waals surface area (Å²) in [6, 6.07) is 14.3. The lowest BCUT2D eigenvalue weighted by atomic mass is 9.51. The largest absolute Gasteiger partial charge is 0.508 e. The highest BCUT2D eigenvalue weighted by Gasteiger charge is 2.61. The SMILES string of the molecule is CC1(C)CCCC(Cl)(Cl)C1(c1ccc(O)cc1)c1ccc(O)cc1. The summed E-state index contributed by atoms with van der Waals surface area (Å²) in [6.07, 6.45) is 2.62. The fourth-order valence-electron chi connectivity index (χ4n) is 4.42. The van der Waals surface area contributed by atoms with E-state index in [0.29, 0.717) is 6.42 Å². The second-order valence-electron chi connectivity index (χ2n) is 7.29. The Hall–Kier alpha value is -1.38. The molecule has 1 aliphatic carbocycles. The number of benzene rings is 2. The van der Waals surface area contributed by atoms with Crippen LogP contribution >= 0.6 is 23.2 Å². The zero-order valence-corrected chi connectivity index (χ0v) is 15.4. The predicted molar refractivity (Wildman–Crippen MR) is 99.1 cm³/mol. The van der Waals surface area contributed by atoms with Crippen LogP contribution in [-0.4, -0.2) is 14.5 Å². The van der Waals surface area contributed by atoms with Gasteiger partial charge < -0.3 is 10.2 Å². The number of phenolic OH excluding ortho intramolecular Hbond substituents is 2. The number of phenols is 2. The summed E-state index contributed by atoms with van der Waals surface area (Å²) in [7, 11) is 0. The molecule has 0 bridgehead atoms. The lowest BCUT2D eigenvalue weighted by Gasteiger charge is -2.57. The molecule has 4 heteroatoms. The van der Waals surface area contributed by atoms with Gasteiger partial charge in [-0.05, 0) is 60.1 Å². The number of rotatable bonds is 2. The van der Waals surface area contributed by atoms with E-state index in [-0.39, 0.29) is 16.9 Å². The fraction of sp³-hybridized carbons (Fsp3) is 0.400. The van der Waals surface area contributed by atoms with Gasteiger partial charge in [0.05, 0.1) is 5.41 Å². The highest BCUT2D eigenvalue weighted by molar-refractivity contribution is 6.49. The van der Waals surface area contributed by atoms with Crippen LogP contribution in [0.1, 0.15) is 44.2 Å². The molecule has 1 fully saturated rings. The molecule has 24 heavy (non-hydrogen) atoms. The maximum absolute atomic E-state index is 9.71. The number of hydrogen-bond donors (Lipinski definition) is 2. The summed E-state index contributed by atoms with van der Waals surface area (Å²) in [6.45, 7) is 4.37. The first-order valence-corrected chi connectivity index (χ1v) is 8.93. The van der Waals surface area contributed by atoms with Crippen molar-refractivity contribution in [3.8, 4) is 11.5 Å². The van der Waals surface area contributed by atoms with Crippen LogP contribution in [0.4, 0.5) is 0 Å². The highest BCUT2D eigenvalue weighted by atomic mass is 35.5. The molecular formula is C20H22Cl2O2. The molecule has 3 rings (SSSR count). The Kier molecular flexibility index (Phi) is 4.26. The third kappa shape index (κ3) is 2.48. The molecule has 0 unspecified atom stereocenters. The van der Waals surface area contributed by atoms with Crippen molar-refractivity contribution in [2.24, 2.45) is 5.41 Å². The van der Waals surface area contributed by atoms with Gasteiger partial charge in [-0.1, -0.05) is 38.1 Å². The zero-order chi connectivity index (χ0) is 17.6. The van der Waals surface area contributed by atoms with E-state index in [1.165, 1.54) is 0 Å². The van der Waals surface area contributed by atoms with Crippen LogP contribution in [0.15, 0.2) is 48.5 Å². The molecular weight excluding hydrogens is 343 g/mol. The van der Waals surface area contributed by atoms with E-state index < -0.39 is 9.75 Å². The van der Waals surface area contributed by atoms with Crippen LogP contribution in [-0.2, 0) is 5.41 Å². The van der Waals surface area contributed by atoms with Crippen molar-refractivity contribution in [3.63, 3.8) is 0 Å². The topological polar surface area (TPSA) is 40.5 Å². The first-order valence-electron chi connectivity index (χ1n) is 8.18. The maximum Gasteiger partial charge on any atom is 0.132 e. The Morgan fingerprint density at radius 3 is 1.54 bits per heavy atom. The van der Waals surface area contributed by atoms with Crippen LogP contribution in [0.25, 0.3) is 0 Å². The van der Waals surface area contributed by atoms with Crippen molar-refractivity contribution in [1.82, 2.24) is 0 Å². The molecule has 2 N–H and O–H groups in total. The molecule has 0 aliphatic heterocycles. The van der Waals surface area contributed by atoms with Gasteiger partial charge in [-0.2, -0.15) is 0 Å². The van der Waals surface area contributed by atoms with E-state index in [9.17, 15) is 10.2 Å². The summed E-state index contributed by atoms with van der Waals surface area (Å²) in [4.78, 5) is 0. The number of aromatic hydroxyl groups is 2. The molecule has 1 saturated carbocycles. The standard InChI is InChI=1S/C20H22Cl2O2/c1-18(2)12-3-13-19(21,22)20(18,14-4-8-16(23)9-5-14)15-6-10-17(24)11-7-15/h4-11,23-24H,3,12-13H2,1-2H3. The van der Waals surface area contributed by atoms with E-state index in [1.54, 1.807) is 24.3 Å². The molecule has 1 aliphatic rings. The number of alkyl halides is 2. The molecule has 0 atom stereocenters. The van der Waals surface area contributed by atoms with Crippen LogP contribution in [0.2, 0.25) is 0 Å². The van der Waals surface area contributed by atoms with E-state index >= 15 is 0 Å². The first kappa shape index (κ1) is 17.4. The third-order valence-corrected chi connectivity index (χ3v) is 6.40. The summed E-state index contributed by atoms with van der Waals surface area (Å²) in [5.74, 6) is 0.422. The minimum absolute atomic E-state index is 0.206. The second-order valence-corrected chi connectivity index (χ2v) is 8.77. The average molecular weight is 365 g/mol. The van der Waals surface area contributed by atoms with Crippen molar-refractivity contribution < 1.29 is 10.2 Å². The molecule has 0 spiro atoms. The monoisotopic (exact) mass is 364 g/mol. The highest BCUT2D eigenvalue weighted by Crippen LogP contribution is 2.64. The van der Waals surface area contributed by atoms with Crippen LogP contribution in [0.5, 0.6) is 11.5 Å². The van der Waals surface area contributed by atoms with Gasteiger partial charge in [0.1, 0.15) is 15.8 Å². The lowest BCUT2D eigenvalue weighted by molar-refractivity contribution is 0.117. The van der Waals surface area contributed by atoms with Crippen LogP contribution in [0.3, 0.4) is 0 Å². The van der Waals surface area contributed by atoms with Gasteiger partial charge in [-0.15, -0.1) is 23.2 Å². The molecule has 0 saturated heterocycles. The van der Waals surface area contributed by atoms with Gasteiger partial charge in [0.15, 0.2) is 0 Å². The molecule has 128 valence electrons. The van der Waals surface area contributed by atoms with E-state index in [0.717, 1.165) is 24.0 Å². The maximum atomic E-state index is 9.71. The quantitative estimate of drug-likeness (QED) is 0.664. The summed E-state index contributed by atoms with van der Waals surface area (Å²) >= 11 is 13.9. The molecule has 0 heterocycles. The van der Waals surface area contributed by atoms with Crippen molar-refractivity contribution in [2.45, 2.75) is 42.9 Å². The van der Waals surface area contributed by atoms with Gasteiger partial charge in [-0.3, -0.25) is 0 Å². The lowest BCUT2D eigenvalue weighted by Crippen LogP contribution is -2.57. The van der Waals surface area contributed by atoms with Crippen molar-refractivity contribution in [1.29, 1.82) is 0 Å². The summed E-state index contributed by atoms with van der Waals surface area (Å²) < 4.78 is -0.997. The Bertz CT molecular complexity index is 655. The summed E-state index contributed by atoms with van der Waals surface area (Å²) in [5.41, 5.74) is 1.09. The normalized spacial score (nSPS) is 21.3. The first-order chi connectivity index (χ1) is 11.2. The third-order valence-electron chi connectivity index (χ3n) is 5.46. The van der Waals surface area contributed by atoms with Gasteiger partial charge >= 0.3 is 0 Å². The molecule has 0 aromatic heterocycles. The smallest absolute Gasteiger partial charge is 0.132 e. The Balaban J connectivity index is 2.35. The minimum atomic E-state index is -0.997. The Morgan fingerprint density at radius 2 is 1.17 bits per heavy atom. The second kappa shape index (κ2) is 5.86. The van der Waals surface area contributed by atoms with Crippen molar-refractivity contribution in [3.05, 3.63) is 59.7 Å². The Labute approximate surface area is 153 Å². The van der Waals surface area contributed by atoms with Crippen molar-refractivity contribution >= 4 is 23.2 Å². The van der Waals surface area contributed by atoms with Gasteiger partial charge in [0.2, 0.25) is 0 Å². The van der Waals surface area contributed by atoms with Crippen LogP contribution in [0, 0.1) is 5.41 Å². The molecule has 2 aromatic carbocycles. The molecule has 2 aromatic rings. The predicted octanol–water partition coefficient (Wildman–Crippen LogP) is 5.77. The average Bonchev–Trinajstić information content (AvgIpc) is 2.49. The number of halogens is 2. The van der Waals surface area contributed by atoms with Gasteiger partial charge in [-0.25, -0.2) is 0 Å². The summed E-state index contributed by atoms with van der Waals surface area (Å²) in [5, 5.41) is 19.4.